The summed E-state index contributed by atoms with van der Waals surface area (Å²) in [5, 5.41) is 4.01. The summed E-state index contributed by atoms with van der Waals surface area (Å²) in [4.78, 5) is 12.5. The van der Waals surface area contributed by atoms with Gasteiger partial charge < -0.3 is 4.57 Å². The highest BCUT2D eigenvalue weighted by molar-refractivity contribution is 7.92. The minimum absolute atomic E-state index is 0.310. The fourth-order valence-corrected chi connectivity index (χ4v) is 4.58. The minimum atomic E-state index is -3.68. The highest BCUT2D eigenvalue weighted by Gasteiger charge is 2.21. The van der Waals surface area contributed by atoms with Crippen LogP contribution in [0.3, 0.4) is 0 Å². The third-order valence-corrected chi connectivity index (χ3v) is 6.27. The maximum atomic E-state index is 13.3. The van der Waals surface area contributed by atoms with Gasteiger partial charge >= 0.3 is 0 Å². The third kappa shape index (κ3) is 5.87. The fourth-order valence-electron chi connectivity index (χ4n) is 3.74. The molecule has 0 aliphatic heterocycles. The number of sulfonamides is 1. The number of hydrogen-bond acceptors (Lipinski definition) is 4. The Morgan fingerprint density at radius 1 is 1.06 bits per heavy atom. The van der Waals surface area contributed by atoms with Gasteiger partial charge in [-0.1, -0.05) is 6.07 Å². The molecule has 0 unspecified atom stereocenters. The van der Waals surface area contributed by atoms with E-state index < -0.39 is 22.5 Å². The number of halogens is 1. The monoisotopic (exact) mass is 470 g/mol. The number of nitrogens with zero attached hydrogens (tertiary/aromatic N) is 3. The molecule has 0 saturated heterocycles. The number of hydrazone groups is 1. The average molecular weight is 471 g/mol. The molecule has 0 saturated carbocycles. The molecular weight excluding hydrogens is 443 g/mol. The first-order valence-electron chi connectivity index (χ1n) is 10.3. The fraction of sp³-hybridized carbons (Fsp3) is 0.250. The molecule has 0 aliphatic rings. The molecule has 3 rings (SSSR count). The minimum Gasteiger partial charge on any atom is -0.318 e. The maximum Gasteiger partial charge on any atom is 0.260 e. The zero-order chi connectivity index (χ0) is 24.3. The number of hydrogen-bond donors (Lipinski definition) is 1. The number of carbonyl (C=O) groups is 1. The van der Waals surface area contributed by atoms with E-state index >= 15 is 0 Å². The Labute approximate surface area is 193 Å². The van der Waals surface area contributed by atoms with Crippen LogP contribution in [0.4, 0.5) is 10.1 Å². The number of benzene rings is 2. The summed E-state index contributed by atoms with van der Waals surface area (Å²) in [6.45, 7) is 7.15. The Morgan fingerprint density at radius 3 is 2.24 bits per heavy atom. The van der Waals surface area contributed by atoms with E-state index in [1.54, 1.807) is 24.3 Å². The Balaban J connectivity index is 1.75. The van der Waals surface area contributed by atoms with Crippen molar-refractivity contribution >= 4 is 27.8 Å². The lowest BCUT2D eigenvalue weighted by molar-refractivity contribution is -0.119. The molecule has 1 N–H and O–H groups in total. The van der Waals surface area contributed by atoms with E-state index in [2.05, 4.69) is 10.5 Å². The van der Waals surface area contributed by atoms with E-state index in [0.29, 0.717) is 5.69 Å². The third-order valence-electron chi connectivity index (χ3n) is 5.13. The summed E-state index contributed by atoms with van der Waals surface area (Å²) in [6.07, 6.45) is 2.56. The molecule has 2 aromatic carbocycles. The number of aromatic nitrogens is 1. The summed E-state index contributed by atoms with van der Waals surface area (Å²) in [7, 11) is -3.68. The van der Waals surface area contributed by atoms with Crippen LogP contribution in [0, 0.1) is 33.5 Å². The lowest BCUT2D eigenvalue weighted by Gasteiger charge is -2.22. The first kappa shape index (κ1) is 24.2. The zero-order valence-electron chi connectivity index (χ0n) is 19.3. The van der Waals surface area contributed by atoms with Crippen LogP contribution in [0.5, 0.6) is 0 Å². The van der Waals surface area contributed by atoms with Crippen molar-refractivity contribution in [1.29, 1.82) is 0 Å². The van der Waals surface area contributed by atoms with Gasteiger partial charge in [-0.3, -0.25) is 9.10 Å². The van der Waals surface area contributed by atoms with Gasteiger partial charge in [-0.2, -0.15) is 5.10 Å². The van der Waals surface area contributed by atoms with Crippen molar-refractivity contribution in [3.05, 3.63) is 82.4 Å². The second-order valence-electron chi connectivity index (χ2n) is 8.05. The first-order valence-corrected chi connectivity index (χ1v) is 12.1. The van der Waals surface area contributed by atoms with Gasteiger partial charge in [0.2, 0.25) is 10.0 Å². The van der Waals surface area contributed by atoms with E-state index in [-0.39, 0.29) is 5.82 Å². The van der Waals surface area contributed by atoms with Gasteiger partial charge in [0.15, 0.2) is 0 Å². The molecule has 0 radical (unpaired) electrons. The van der Waals surface area contributed by atoms with Crippen molar-refractivity contribution in [3.63, 3.8) is 0 Å². The van der Waals surface area contributed by atoms with Crippen LogP contribution in [0.1, 0.15) is 28.1 Å². The molecule has 3 aromatic rings. The quantitative estimate of drug-likeness (QED) is 0.422. The second kappa shape index (κ2) is 9.58. The van der Waals surface area contributed by atoms with Gasteiger partial charge in [-0.25, -0.2) is 18.2 Å². The molecule has 1 amide bonds. The maximum absolute atomic E-state index is 13.3. The van der Waals surface area contributed by atoms with Crippen molar-refractivity contribution in [1.82, 2.24) is 9.99 Å². The number of nitrogens with one attached hydrogen (secondary N) is 1. The average Bonchev–Trinajstić information content (AvgIpc) is 2.98. The van der Waals surface area contributed by atoms with Crippen LogP contribution >= 0.6 is 0 Å². The number of aryl methyl sites for hydroxylation is 3. The van der Waals surface area contributed by atoms with Crippen molar-refractivity contribution < 1.29 is 17.6 Å². The summed E-state index contributed by atoms with van der Waals surface area (Å²) < 4.78 is 40.9. The molecule has 0 fully saturated rings. The van der Waals surface area contributed by atoms with Crippen LogP contribution in [0.25, 0.3) is 5.69 Å². The lowest BCUT2D eigenvalue weighted by Crippen LogP contribution is -2.39. The van der Waals surface area contributed by atoms with E-state index in [4.69, 9.17) is 0 Å². The smallest absolute Gasteiger partial charge is 0.260 e. The molecule has 1 heterocycles. The summed E-state index contributed by atoms with van der Waals surface area (Å²) >= 11 is 0. The number of rotatable bonds is 7. The predicted octanol–water partition coefficient (Wildman–Crippen LogP) is 3.77. The highest BCUT2D eigenvalue weighted by atomic mass is 32.2. The normalized spacial score (nSPS) is 11.7. The first-order chi connectivity index (χ1) is 15.5. The molecule has 0 spiro atoms. The van der Waals surface area contributed by atoms with Crippen molar-refractivity contribution in [2.75, 3.05) is 17.1 Å². The van der Waals surface area contributed by atoms with E-state index in [9.17, 15) is 17.6 Å². The zero-order valence-corrected chi connectivity index (χ0v) is 20.1. The predicted molar refractivity (Wildman–Crippen MR) is 129 cm³/mol. The van der Waals surface area contributed by atoms with E-state index in [1.165, 1.54) is 18.3 Å². The largest absolute Gasteiger partial charge is 0.318 e. The molecule has 174 valence electrons. The molecule has 9 heteroatoms. The summed E-state index contributed by atoms with van der Waals surface area (Å²) in [6, 6.07) is 13.4. The summed E-state index contributed by atoms with van der Waals surface area (Å²) in [5.74, 6) is -0.877. The van der Waals surface area contributed by atoms with Gasteiger partial charge in [-0.05, 0) is 81.3 Å². The number of carbonyl (C=O) groups excluding carboxylic acids is 1. The van der Waals surface area contributed by atoms with E-state index in [1.807, 2.05) is 44.4 Å². The lowest BCUT2D eigenvalue weighted by atomic mass is 10.1. The van der Waals surface area contributed by atoms with Crippen LogP contribution < -0.4 is 9.73 Å². The van der Waals surface area contributed by atoms with Gasteiger partial charge in [-0.15, -0.1) is 0 Å². The van der Waals surface area contributed by atoms with Gasteiger partial charge in [0.25, 0.3) is 5.91 Å². The van der Waals surface area contributed by atoms with Gasteiger partial charge in [0, 0.05) is 22.6 Å². The molecule has 0 atom stereocenters. The Morgan fingerprint density at radius 2 is 1.67 bits per heavy atom. The van der Waals surface area contributed by atoms with Gasteiger partial charge in [0.1, 0.15) is 12.4 Å². The Hall–Kier alpha value is -3.46. The topological polar surface area (TPSA) is 83.8 Å². The van der Waals surface area contributed by atoms with Crippen LogP contribution in [-0.4, -0.2) is 37.9 Å². The second-order valence-corrected chi connectivity index (χ2v) is 9.95. The molecule has 7 nitrogen and oxygen atoms in total. The van der Waals surface area contributed by atoms with Gasteiger partial charge in [0.05, 0.1) is 18.2 Å². The van der Waals surface area contributed by atoms with Crippen molar-refractivity contribution in [2.24, 2.45) is 5.10 Å². The van der Waals surface area contributed by atoms with Crippen LogP contribution in [-0.2, 0) is 14.8 Å². The molecular formula is C24H27FN4O3S. The highest BCUT2D eigenvalue weighted by Crippen LogP contribution is 2.22. The molecule has 33 heavy (non-hydrogen) atoms. The molecule has 0 aliphatic carbocycles. The van der Waals surface area contributed by atoms with Crippen molar-refractivity contribution in [3.8, 4) is 5.69 Å². The SMILES string of the molecule is Cc1cc(C)cc(N(CC(=O)N/N=C\c2cc(C)n(-c3ccc(F)cc3)c2C)S(C)(=O)=O)c1. The van der Waals surface area contributed by atoms with Crippen LogP contribution in [0.2, 0.25) is 0 Å². The standard InChI is InChI=1S/C24H27FN4O3S/c1-16-10-17(2)12-23(11-16)28(33(5,31)32)15-24(30)27-26-14-20-13-18(3)29(19(20)4)22-8-6-21(25)7-9-22/h6-14H,15H2,1-5H3,(H,27,30)/b26-14-. The Kier molecular flexibility index (Phi) is 7.02. The molecule has 0 bridgehead atoms. The molecule has 1 aromatic heterocycles. The summed E-state index contributed by atoms with van der Waals surface area (Å²) in [5.41, 5.74) is 7.99. The van der Waals surface area contributed by atoms with E-state index in [0.717, 1.165) is 44.3 Å². The Bertz CT molecular complexity index is 1290. The van der Waals surface area contributed by atoms with Crippen LogP contribution in [0.15, 0.2) is 53.6 Å². The number of anilines is 1. The number of amides is 1. The van der Waals surface area contributed by atoms with Crippen molar-refractivity contribution in [2.45, 2.75) is 27.7 Å².